The minimum absolute atomic E-state index is 0.0935. The van der Waals surface area contributed by atoms with E-state index in [-0.39, 0.29) is 11.9 Å². The lowest BCUT2D eigenvalue weighted by Crippen LogP contribution is -2.21. The molecule has 20 heavy (non-hydrogen) atoms. The van der Waals surface area contributed by atoms with E-state index >= 15 is 0 Å². The zero-order chi connectivity index (χ0) is 13.8. The second-order valence-electron chi connectivity index (χ2n) is 4.83. The molecule has 1 aliphatic heterocycles. The predicted molar refractivity (Wildman–Crippen MR) is 78.2 cm³/mol. The van der Waals surface area contributed by atoms with Crippen molar-refractivity contribution in [3.05, 3.63) is 60.2 Å². The fourth-order valence-electron chi connectivity index (χ4n) is 2.40. The van der Waals surface area contributed by atoms with Crippen LogP contribution in [0.15, 0.2) is 53.7 Å². The van der Waals surface area contributed by atoms with E-state index in [4.69, 9.17) is 4.74 Å². The number of rotatable bonds is 3. The van der Waals surface area contributed by atoms with E-state index < -0.39 is 0 Å². The van der Waals surface area contributed by atoms with Crippen LogP contribution in [0.3, 0.4) is 0 Å². The van der Waals surface area contributed by atoms with E-state index in [1.807, 2.05) is 24.3 Å². The van der Waals surface area contributed by atoms with E-state index in [2.05, 4.69) is 4.98 Å². The molecule has 1 aromatic carbocycles. The summed E-state index contributed by atoms with van der Waals surface area (Å²) in [7, 11) is 0. The molecule has 2 heterocycles. The smallest absolute Gasteiger partial charge is 0.136 e. The average Bonchev–Trinajstić information content (AvgIpc) is 2.51. The van der Waals surface area contributed by atoms with Gasteiger partial charge in [0.05, 0.1) is 6.10 Å². The first-order valence-corrected chi connectivity index (χ1v) is 7.63. The van der Waals surface area contributed by atoms with E-state index in [0.29, 0.717) is 5.25 Å². The van der Waals surface area contributed by atoms with Crippen molar-refractivity contribution in [2.75, 3.05) is 6.61 Å². The van der Waals surface area contributed by atoms with Crippen LogP contribution in [-0.2, 0) is 4.74 Å². The maximum Gasteiger partial charge on any atom is 0.136 e. The summed E-state index contributed by atoms with van der Waals surface area (Å²) in [6.07, 6.45) is 5.53. The third kappa shape index (κ3) is 3.19. The first kappa shape index (κ1) is 13.6. The van der Waals surface area contributed by atoms with Crippen LogP contribution >= 0.6 is 11.8 Å². The number of benzene rings is 1. The number of halogens is 1. The van der Waals surface area contributed by atoms with Crippen molar-refractivity contribution in [3.8, 4) is 0 Å². The van der Waals surface area contributed by atoms with Gasteiger partial charge in [-0.15, -0.1) is 11.8 Å². The SMILES string of the molecule is Fc1ccccc1S[C@@H]1CCO[C@H](c2ccncc2)C1. The van der Waals surface area contributed by atoms with Gasteiger partial charge in [-0.3, -0.25) is 4.98 Å². The number of hydrogen-bond donors (Lipinski definition) is 0. The molecule has 0 radical (unpaired) electrons. The summed E-state index contributed by atoms with van der Waals surface area (Å²) >= 11 is 1.62. The molecule has 104 valence electrons. The minimum atomic E-state index is -0.135. The number of thioether (sulfide) groups is 1. The first-order chi connectivity index (χ1) is 9.83. The van der Waals surface area contributed by atoms with Crippen LogP contribution in [0.25, 0.3) is 0 Å². The molecule has 0 saturated carbocycles. The lowest BCUT2D eigenvalue weighted by Gasteiger charge is -2.29. The highest BCUT2D eigenvalue weighted by Gasteiger charge is 2.25. The summed E-state index contributed by atoms with van der Waals surface area (Å²) in [4.78, 5) is 4.76. The molecule has 2 nitrogen and oxygen atoms in total. The zero-order valence-corrected chi connectivity index (χ0v) is 11.9. The molecule has 0 unspecified atom stereocenters. The van der Waals surface area contributed by atoms with E-state index in [9.17, 15) is 4.39 Å². The summed E-state index contributed by atoms with van der Waals surface area (Å²) in [5.74, 6) is -0.135. The number of aromatic nitrogens is 1. The molecule has 4 heteroatoms. The topological polar surface area (TPSA) is 22.1 Å². The number of hydrogen-bond acceptors (Lipinski definition) is 3. The Bertz CT molecular complexity index is 563. The van der Waals surface area contributed by atoms with Gasteiger partial charge < -0.3 is 4.74 Å². The largest absolute Gasteiger partial charge is 0.373 e. The lowest BCUT2D eigenvalue weighted by atomic mass is 10.0. The third-order valence-electron chi connectivity index (χ3n) is 3.44. The van der Waals surface area contributed by atoms with Crippen molar-refractivity contribution in [2.45, 2.75) is 29.1 Å². The van der Waals surface area contributed by atoms with Gasteiger partial charge >= 0.3 is 0 Å². The molecule has 0 bridgehead atoms. The van der Waals surface area contributed by atoms with Crippen molar-refractivity contribution < 1.29 is 9.13 Å². The molecular weight excluding hydrogens is 273 g/mol. The summed E-state index contributed by atoms with van der Waals surface area (Å²) in [6.45, 7) is 0.721. The number of nitrogens with zero attached hydrogens (tertiary/aromatic N) is 1. The molecule has 1 fully saturated rings. The Balaban J connectivity index is 1.68. The fourth-order valence-corrected chi connectivity index (χ4v) is 3.59. The number of pyridine rings is 1. The molecule has 1 saturated heterocycles. The molecule has 0 aliphatic carbocycles. The standard InChI is InChI=1S/C16H16FNOS/c17-14-3-1-2-4-16(14)20-13-7-10-19-15(11-13)12-5-8-18-9-6-12/h1-6,8-9,13,15H,7,10-11H2/t13-,15+/m1/s1. The Kier molecular flexibility index (Phi) is 4.33. The molecule has 1 aliphatic rings. The second-order valence-corrected chi connectivity index (χ2v) is 6.18. The summed E-state index contributed by atoms with van der Waals surface area (Å²) in [5, 5.41) is 0.388. The molecule has 3 rings (SSSR count). The number of ether oxygens (including phenoxy) is 1. The summed E-state index contributed by atoms with van der Waals surface area (Å²) < 4.78 is 19.5. The summed E-state index contributed by atoms with van der Waals surface area (Å²) in [5.41, 5.74) is 1.15. The molecule has 1 aromatic heterocycles. The van der Waals surface area contributed by atoms with Crippen LogP contribution in [0.1, 0.15) is 24.5 Å². The molecule has 0 spiro atoms. The molecule has 2 atom stereocenters. The van der Waals surface area contributed by atoms with Gasteiger partial charge in [0.15, 0.2) is 0 Å². The van der Waals surface area contributed by atoms with Crippen LogP contribution in [0.5, 0.6) is 0 Å². The van der Waals surface area contributed by atoms with Gasteiger partial charge in [-0.2, -0.15) is 0 Å². The van der Waals surface area contributed by atoms with E-state index in [1.54, 1.807) is 30.2 Å². The van der Waals surface area contributed by atoms with Gasteiger partial charge in [-0.25, -0.2) is 4.39 Å². The minimum Gasteiger partial charge on any atom is -0.373 e. The van der Waals surface area contributed by atoms with Crippen LogP contribution in [-0.4, -0.2) is 16.8 Å². The predicted octanol–water partition coefficient (Wildman–Crippen LogP) is 4.23. The van der Waals surface area contributed by atoms with Crippen LogP contribution < -0.4 is 0 Å². The highest BCUT2D eigenvalue weighted by Crippen LogP contribution is 2.37. The van der Waals surface area contributed by atoms with Crippen molar-refractivity contribution >= 4 is 11.8 Å². The van der Waals surface area contributed by atoms with Crippen molar-refractivity contribution in [2.24, 2.45) is 0 Å². The van der Waals surface area contributed by atoms with Crippen LogP contribution in [0, 0.1) is 5.82 Å². The van der Waals surface area contributed by atoms with Gasteiger partial charge in [0.2, 0.25) is 0 Å². The van der Waals surface area contributed by atoms with Crippen molar-refractivity contribution in [3.63, 3.8) is 0 Å². The van der Waals surface area contributed by atoms with Gasteiger partial charge in [0, 0.05) is 29.1 Å². The van der Waals surface area contributed by atoms with Crippen LogP contribution in [0.4, 0.5) is 4.39 Å². The van der Waals surface area contributed by atoms with Gasteiger partial charge in [0.25, 0.3) is 0 Å². The highest BCUT2D eigenvalue weighted by atomic mass is 32.2. The van der Waals surface area contributed by atoms with E-state index in [1.165, 1.54) is 6.07 Å². The highest BCUT2D eigenvalue weighted by molar-refractivity contribution is 8.00. The van der Waals surface area contributed by atoms with Crippen molar-refractivity contribution in [1.82, 2.24) is 4.98 Å². The first-order valence-electron chi connectivity index (χ1n) is 6.75. The average molecular weight is 289 g/mol. The summed E-state index contributed by atoms with van der Waals surface area (Å²) in [6, 6.07) is 10.9. The molecule has 2 aromatic rings. The fraction of sp³-hybridized carbons (Fsp3) is 0.312. The Labute approximate surface area is 122 Å². The maximum absolute atomic E-state index is 13.7. The van der Waals surface area contributed by atoms with Crippen molar-refractivity contribution in [1.29, 1.82) is 0 Å². The van der Waals surface area contributed by atoms with Gasteiger partial charge in [-0.05, 0) is 42.7 Å². The monoisotopic (exact) mass is 289 g/mol. The zero-order valence-electron chi connectivity index (χ0n) is 11.0. The Morgan fingerprint density at radius 2 is 1.95 bits per heavy atom. The normalized spacial score (nSPS) is 22.6. The third-order valence-corrected chi connectivity index (χ3v) is 4.79. The van der Waals surface area contributed by atoms with E-state index in [0.717, 1.165) is 29.9 Å². The Morgan fingerprint density at radius 3 is 2.75 bits per heavy atom. The maximum atomic E-state index is 13.7. The quantitative estimate of drug-likeness (QED) is 0.844. The lowest BCUT2D eigenvalue weighted by molar-refractivity contribution is 0.0178. The molecule has 0 N–H and O–H groups in total. The van der Waals surface area contributed by atoms with Crippen LogP contribution in [0.2, 0.25) is 0 Å². The Morgan fingerprint density at radius 1 is 1.15 bits per heavy atom. The van der Waals surface area contributed by atoms with Gasteiger partial charge in [0.1, 0.15) is 5.82 Å². The molecule has 0 amide bonds. The molecular formula is C16H16FNOS. The van der Waals surface area contributed by atoms with Gasteiger partial charge in [-0.1, -0.05) is 12.1 Å². The Hall–Kier alpha value is -1.39. The second kappa shape index (κ2) is 6.37.